The highest BCUT2D eigenvalue weighted by atomic mass is 16.5. The average Bonchev–Trinajstić information content (AvgIpc) is 2.70. The number of hydrogen-bond donors (Lipinski definition) is 1. The number of rotatable bonds is 5. The van der Waals surface area contributed by atoms with Gasteiger partial charge >= 0.3 is 5.97 Å². The fourth-order valence-electron chi connectivity index (χ4n) is 2.81. The number of aliphatic hydroxyl groups excluding tert-OH is 1. The second-order valence-electron chi connectivity index (χ2n) is 4.92. The molecule has 1 N–H and O–H groups in total. The summed E-state index contributed by atoms with van der Waals surface area (Å²) >= 11 is 0. The zero-order valence-electron chi connectivity index (χ0n) is 11.2. The van der Waals surface area contributed by atoms with Gasteiger partial charge in [-0.05, 0) is 18.9 Å². The summed E-state index contributed by atoms with van der Waals surface area (Å²) in [5.41, 5.74) is 0.767. The number of amides is 1. The van der Waals surface area contributed by atoms with Crippen LogP contribution in [0.5, 0.6) is 0 Å². The highest BCUT2D eigenvalue weighted by Gasteiger charge is 2.56. The number of hydrogen-bond acceptors (Lipinski definition) is 5. The molecule has 6 heteroatoms. The van der Waals surface area contributed by atoms with Crippen LogP contribution in [0.2, 0.25) is 0 Å². The molecule has 0 unspecified atom stereocenters. The SMILES string of the molecule is C=CCOC(=O)C1=C(CC#N)C[C@@H]2[C@@H]([C@@H](C)O)C(=O)N12. The Balaban J connectivity index is 2.24. The molecule has 1 amide bonds. The van der Waals surface area contributed by atoms with E-state index < -0.39 is 18.0 Å². The molecule has 0 aromatic carbocycles. The lowest BCUT2D eigenvalue weighted by molar-refractivity contribution is -0.162. The lowest BCUT2D eigenvalue weighted by Gasteiger charge is -2.44. The number of esters is 1. The lowest BCUT2D eigenvalue weighted by atomic mass is 9.83. The zero-order valence-corrected chi connectivity index (χ0v) is 11.2. The van der Waals surface area contributed by atoms with Gasteiger partial charge in [-0.3, -0.25) is 4.79 Å². The molecular weight excluding hydrogens is 260 g/mol. The first-order valence-electron chi connectivity index (χ1n) is 6.41. The second-order valence-corrected chi connectivity index (χ2v) is 4.92. The van der Waals surface area contributed by atoms with Gasteiger partial charge in [0.15, 0.2) is 0 Å². The van der Waals surface area contributed by atoms with E-state index in [0.29, 0.717) is 12.0 Å². The summed E-state index contributed by atoms with van der Waals surface area (Å²) in [5.74, 6) is -1.41. The number of nitrogens with zero attached hydrogens (tertiary/aromatic N) is 2. The first-order valence-corrected chi connectivity index (χ1v) is 6.41. The monoisotopic (exact) mass is 276 g/mol. The lowest BCUT2D eigenvalue weighted by Crippen LogP contribution is -2.61. The molecule has 0 aromatic heterocycles. The van der Waals surface area contributed by atoms with Crippen molar-refractivity contribution >= 4 is 11.9 Å². The van der Waals surface area contributed by atoms with Gasteiger partial charge in [0.05, 0.1) is 30.6 Å². The van der Waals surface area contributed by atoms with Crippen molar-refractivity contribution in [3.8, 4) is 6.07 Å². The van der Waals surface area contributed by atoms with Gasteiger partial charge in [-0.2, -0.15) is 5.26 Å². The Labute approximate surface area is 116 Å². The Hall–Kier alpha value is -2.13. The molecule has 1 fully saturated rings. The molecule has 0 radical (unpaired) electrons. The van der Waals surface area contributed by atoms with E-state index >= 15 is 0 Å². The molecule has 0 aliphatic carbocycles. The Morgan fingerprint density at radius 3 is 3.00 bits per heavy atom. The number of β-lactam (4-membered cyclic amide) rings is 1. The van der Waals surface area contributed by atoms with Crippen LogP contribution in [0.1, 0.15) is 19.8 Å². The third-order valence-corrected chi connectivity index (χ3v) is 3.64. The van der Waals surface area contributed by atoms with E-state index in [1.807, 2.05) is 6.07 Å². The summed E-state index contributed by atoms with van der Waals surface area (Å²) < 4.78 is 4.97. The Kier molecular flexibility index (Phi) is 3.91. The number of aliphatic hydroxyl groups is 1. The van der Waals surface area contributed by atoms with Crippen molar-refractivity contribution in [2.75, 3.05) is 6.61 Å². The van der Waals surface area contributed by atoms with E-state index in [-0.39, 0.29) is 30.7 Å². The number of nitriles is 1. The van der Waals surface area contributed by atoms with Crippen molar-refractivity contribution < 1.29 is 19.4 Å². The van der Waals surface area contributed by atoms with Crippen molar-refractivity contribution in [3.05, 3.63) is 23.9 Å². The van der Waals surface area contributed by atoms with Crippen molar-refractivity contribution in [3.63, 3.8) is 0 Å². The predicted octanol–water partition coefficient (Wildman–Crippen LogP) is 0.495. The van der Waals surface area contributed by atoms with Crippen LogP contribution in [0.4, 0.5) is 0 Å². The Bertz CT molecular complexity index is 530. The molecule has 20 heavy (non-hydrogen) atoms. The van der Waals surface area contributed by atoms with Gasteiger partial charge in [0.1, 0.15) is 12.3 Å². The Morgan fingerprint density at radius 1 is 1.75 bits per heavy atom. The van der Waals surface area contributed by atoms with E-state index in [1.165, 1.54) is 11.0 Å². The van der Waals surface area contributed by atoms with Crippen molar-refractivity contribution in [2.24, 2.45) is 5.92 Å². The fourth-order valence-corrected chi connectivity index (χ4v) is 2.81. The molecule has 0 saturated carbocycles. The standard InChI is InChI=1S/C14H16N2O4/c1-3-6-20-14(19)12-9(4-5-15)7-10-11(8(2)17)13(18)16(10)12/h3,8,10-11,17H,1,4,6-7H2,2H3/t8-,10-,11-/m1/s1. The molecule has 2 heterocycles. The maximum Gasteiger partial charge on any atom is 0.355 e. The fraction of sp³-hybridized carbons (Fsp3) is 0.500. The van der Waals surface area contributed by atoms with Gasteiger partial charge in [-0.1, -0.05) is 12.7 Å². The molecule has 106 valence electrons. The molecule has 1 saturated heterocycles. The van der Waals surface area contributed by atoms with Gasteiger partial charge < -0.3 is 14.7 Å². The van der Waals surface area contributed by atoms with Crippen molar-refractivity contribution in [1.29, 1.82) is 5.26 Å². The number of carbonyl (C=O) groups is 2. The summed E-state index contributed by atoms with van der Waals surface area (Å²) in [4.78, 5) is 25.4. The quantitative estimate of drug-likeness (QED) is 0.448. The third kappa shape index (κ3) is 2.10. The van der Waals surface area contributed by atoms with Crippen LogP contribution in [0.25, 0.3) is 0 Å². The largest absolute Gasteiger partial charge is 0.457 e. The third-order valence-electron chi connectivity index (χ3n) is 3.64. The molecule has 0 aromatic rings. The first kappa shape index (κ1) is 14.3. The minimum absolute atomic E-state index is 0.0503. The van der Waals surface area contributed by atoms with Crippen molar-refractivity contribution in [2.45, 2.75) is 31.9 Å². The number of fused-ring (bicyclic) bond motifs is 1. The molecular formula is C14H16N2O4. The van der Waals surface area contributed by atoms with E-state index in [0.717, 1.165) is 0 Å². The van der Waals surface area contributed by atoms with Gasteiger partial charge in [0.2, 0.25) is 5.91 Å². The maximum atomic E-state index is 12.0. The number of ether oxygens (including phenoxy) is 1. The van der Waals surface area contributed by atoms with Crippen LogP contribution >= 0.6 is 0 Å². The molecule has 0 bridgehead atoms. The topological polar surface area (TPSA) is 90.6 Å². The zero-order chi connectivity index (χ0) is 14.9. The second kappa shape index (κ2) is 5.47. The predicted molar refractivity (Wildman–Crippen MR) is 68.8 cm³/mol. The highest BCUT2D eigenvalue weighted by molar-refractivity contribution is 6.00. The average molecular weight is 276 g/mol. The normalized spacial score (nSPS) is 25.6. The van der Waals surface area contributed by atoms with Crippen LogP contribution in [-0.2, 0) is 14.3 Å². The van der Waals surface area contributed by atoms with Gasteiger partial charge in [-0.15, -0.1) is 0 Å². The summed E-state index contributed by atoms with van der Waals surface area (Å²) in [5, 5.41) is 18.4. The van der Waals surface area contributed by atoms with E-state index in [2.05, 4.69) is 6.58 Å². The van der Waals surface area contributed by atoms with E-state index in [1.54, 1.807) is 6.92 Å². The molecule has 3 atom stereocenters. The minimum Gasteiger partial charge on any atom is -0.457 e. The molecule has 2 rings (SSSR count). The van der Waals surface area contributed by atoms with Crippen LogP contribution in [0.3, 0.4) is 0 Å². The van der Waals surface area contributed by atoms with Crippen LogP contribution < -0.4 is 0 Å². The number of carbonyl (C=O) groups excluding carboxylic acids is 2. The molecule has 2 aliphatic heterocycles. The van der Waals surface area contributed by atoms with Crippen LogP contribution in [-0.4, -0.2) is 40.6 Å². The molecule has 2 aliphatic rings. The summed E-state index contributed by atoms with van der Waals surface area (Å²) in [6, 6.07) is 1.75. The minimum atomic E-state index is -0.768. The van der Waals surface area contributed by atoms with Gasteiger partial charge in [0.25, 0.3) is 0 Å². The Morgan fingerprint density at radius 2 is 2.45 bits per heavy atom. The van der Waals surface area contributed by atoms with Gasteiger partial charge in [0, 0.05) is 0 Å². The smallest absolute Gasteiger partial charge is 0.355 e. The van der Waals surface area contributed by atoms with Crippen LogP contribution in [0, 0.1) is 17.2 Å². The first-order chi connectivity index (χ1) is 9.52. The van der Waals surface area contributed by atoms with E-state index in [4.69, 9.17) is 10.00 Å². The molecule has 6 nitrogen and oxygen atoms in total. The van der Waals surface area contributed by atoms with Crippen molar-refractivity contribution in [1.82, 2.24) is 4.90 Å². The molecule has 0 spiro atoms. The maximum absolute atomic E-state index is 12.0. The van der Waals surface area contributed by atoms with E-state index in [9.17, 15) is 14.7 Å². The summed E-state index contributed by atoms with van der Waals surface area (Å²) in [6.07, 6.45) is 1.18. The van der Waals surface area contributed by atoms with Crippen LogP contribution in [0.15, 0.2) is 23.9 Å². The highest BCUT2D eigenvalue weighted by Crippen LogP contribution is 2.44. The summed E-state index contributed by atoms with van der Waals surface area (Å²) in [7, 11) is 0. The van der Waals surface area contributed by atoms with Gasteiger partial charge in [-0.25, -0.2) is 4.79 Å². The summed E-state index contributed by atoms with van der Waals surface area (Å²) in [6.45, 7) is 5.06.